The third-order valence-electron chi connectivity index (χ3n) is 2.51. The van der Waals surface area contributed by atoms with Gasteiger partial charge in [-0.15, -0.1) is 0 Å². The van der Waals surface area contributed by atoms with Crippen LogP contribution in [-0.2, 0) is 11.8 Å². The molecule has 4 heteroatoms. The average Bonchev–Trinajstić information content (AvgIpc) is 2.52. The molecule has 1 saturated heterocycles. The minimum Gasteiger partial charge on any atom is -0.370 e. The summed E-state index contributed by atoms with van der Waals surface area (Å²) in [5.41, 5.74) is 7.05. The third kappa shape index (κ3) is 1.59. The molecule has 2 unspecified atom stereocenters. The second-order valence-corrected chi connectivity index (χ2v) is 3.53. The molecule has 0 radical (unpaired) electrons. The number of aromatic nitrogens is 2. The van der Waals surface area contributed by atoms with Crippen LogP contribution in [0.3, 0.4) is 0 Å². The summed E-state index contributed by atoms with van der Waals surface area (Å²) in [6.07, 6.45) is 5.74. The van der Waals surface area contributed by atoms with Crippen molar-refractivity contribution in [2.75, 3.05) is 6.61 Å². The van der Waals surface area contributed by atoms with Crippen molar-refractivity contribution in [1.29, 1.82) is 0 Å². The summed E-state index contributed by atoms with van der Waals surface area (Å²) < 4.78 is 7.60. The van der Waals surface area contributed by atoms with Crippen molar-refractivity contribution in [3.05, 3.63) is 18.2 Å². The highest BCUT2D eigenvalue weighted by Gasteiger charge is 2.26. The van der Waals surface area contributed by atoms with Gasteiger partial charge in [-0.2, -0.15) is 0 Å². The van der Waals surface area contributed by atoms with E-state index < -0.39 is 0 Å². The van der Waals surface area contributed by atoms with Crippen molar-refractivity contribution in [1.82, 2.24) is 9.55 Å². The summed E-state index contributed by atoms with van der Waals surface area (Å²) >= 11 is 0. The molecule has 0 saturated carbocycles. The predicted octanol–water partition coefficient (Wildman–Crippen LogP) is 0.599. The highest BCUT2D eigenvalue weighted by molar-refractivity contribution is 5.06. The Morgan fingerprint density at radius 3 is 3.15 bits per heavy atom. The van der Waals surface area contributed by atoms with E-state index >= 15 is 0 Å². The Morgan fingerprint density at radius 2 is 2.54 bits per heavy atom. The number of aryl methyl sites for hydroxylation is 1. The van der Waals surface area contributed by atoms with Gasteiger partial charge in [0.25, 0.3) is 0 Å². The van der Waals surface area contributed by atoms with E-state index in [4.69, 9.17) is 10.5 Å². The summed E-state index contributed by atoms with van der Waals surface area (Å²) in [5.74, 6) is 0. The maximum atomic E-state index is 5.97. The lowest BCUT2D eigenvalue weighted by atomic mass is 10.0. The number of hydrogen-bond acceptors (Lipinski definition) is 3. The molecule has 13 heavy (non-hydrogen) atoms. The van der Waals surface area contributed by atoms with Crippen molar-refractivity contribution in [3.63, 3.8) is 0 Å². The Labute approximate surface area is 77.7 Å². The molecule has 2 heterocycles. The van der Waals surface area contributed by atoms with Crippen LogP contribution in [0.2, 0.25) is 0 Å². The smallest absolute Gasteiger partial charge is 0.114 e. The van der Waals surface area contributed by atoms with E-state index in [0.717, 1.165) is 25.1 Å². The lowest BCUT2D eigenvalue weighted by molar-refractivity contribution is -0.00403. The number of imidazole rings is 1. The van der Waals surface area contributed by atoms with Crippen molar-refractivity contribution >= 4 is 0 Å². The molecule has 1 fully saturated rings. The summed E-state index contributed by atoms with van der Waals surface area (Å²) in [6.45, 7) is 0.809. The Kier molecular flexibility index (Phi) is 2.33. The topological polar surface area (TPSA) is 53.1 Å². The molecular formula is C9H15N3O. The van der Waals surface area contributed by atoms with Gasteiger partial charge in [0.2, 0.25) is 0 Å². The standard InChI is InChI=1S/C9H15N3O/c1-12-6-11-5-8(12)9-7(10)3-2-4-13-9/h5-7,9H,2-4,10H2,1H3. The van der Waals surface area contributed by atoms with Crippen LogP contribution < -0.4 is 5.73 Å². The molecule has 0 bridgehead atoms. The molecular weight excluding hydrogens is 166 g/mol. The fourth-order valence-corrected chi connectivity index (χ4v) is 1.75. The first kappa shape index (κ1) is 8.72. The highest BCUT2D eigenvalue weighted by atomic mass is 16.5. The molecule has 4 nitrogen and oxygen atoms in total. The van der Waals surface area contributed by atoms with Gasteiger partial charge in [-0.1, -0.05) is 0 Å². The Morgan fingerprint density at radius 1 is 1.69 bits per heavy atom. The number of nitrogens with two attached hydrogens (primary N) is 1. The van der Waals surface area contributed by atoms with Gasteiger partial charge >= 0.3 is 0 Å². The number of ether oxygens (including phenoxy) is 1. The molecule has 0 aromatic carbocycles. The van der Waals surface area contributed by atoms with Crippen LogP contribution >= 0.6 is 0 Å². The number of hydrogen-bond donors (Lipinski definition) is 1. The van der Waals surface area contributed by atoms with Gasteiger partial charge in [-0.3, -0.25) is 0 Å². The van der Waals surface area contributed by atoms with Crippen LogP contribution in [0.1, 0.15) is 24.6 Å². The summed E-state index contributed by atoms with van der Waals surface area (Å²) in [7, 11) is 1.97. The SMILES string of the molecule is Cn1cncc1C1OCCCC1N. The van der Waals surface area contributed by atoms with Crippen LogP contribution in [0, 0.1) is 0 Å². The van der Waals surface area contributed by atoms with E-state index in [1.165, 1.54) is 0 Å². The first-order chi connectivity index (χ1) is 6.29. The zero-order valence-corrected chi connectivity index (χ0v) is 7.81. The molecule has 2 atom stereocenters. The largest absolute Gasteiger partial charge is 0.370 e. The van der Waals surface area contributed by atoms with E-state index in [2.05, 4.69) is 4.98 Å². The second kappa shape index (κ2) is 3.47. The first-order valence-electron chi connectivity index (χ1n) is 4.62. The van der Waals surface area contributed by atoms with Crippen LogP contribution in [0.5, 0.6) is 0 Å². The first-order valence-corrected chi connectivity index (χ1v) is 4.62. The normalized spacial score (nSPS) is 29.1. The molecule has 2 rings (SSSR count). The van der Waals surface area contributed by atoms with Crippen molar-refractivity contribution in [2.24, 2.45) is 12.8 Å². The van der Waals surface area contributed by atoms with E-state index in [0.29, 0.717) is 0 Å². The van der Waals surface area contributed by atoms with E-state index in [1.807, 2.05) is 17.8 Å². The molecule has 0 aliphatic carbocycles. The van der Waals surface area contributed by atoms with Gasteiger partial charge in [-0.25, -0.2) is 4.98 Å². The molecule has 72 valence electrons. The minimum absolute atomic E-state index is 0.0289. The molecule has 1 aromatic rings. The summed E-state index contributed by atoms with van der Waals surface area (Å²) in [6, 6.07) is 0.115. The molecule has 0 spiro atoms. The van der Waals surface area contributed by atoms with Crippen LogP contribution in [0.15, 0.2) is 12.5 Å². The average molecular weight is 181 g/mol. The Hall–Kier alpha value is -0.870. The number of nitrogens with zero attached hydrogens (tertiary/aromatic N) is 2. The quantitative estimate of drug-likeness (QED) is 0.690. The number of rotatable bonds is 1. The van der Waals surface area contributed by atoms with Gasteiger partial charge in [0, 0.05) is 19.7 Å². The van der Waals surface area contributed by atoms with Crippen LogP contribution in [0.25, 0.3) is 0 Å². The van der Waals surface area contributed by atoms with E-state index in [9.17, 15) is 0 Å². The lowest BCUT2D eigenvalue weighted by Gasteiger charge is -2.28. The maximum Gasteiger partial charge on any atom is 0.114 e. The van der Waals surface area contributed by atoms with Gasteiger partial charge in [0.05, 0.1) is 18.2 Å². The molecule has 0 amide bonds. The van der Waals surface area contributed by atoms with Crippen molar-refractivity contribution in [2.45, 2.75) is 25.0 Å². The summed E-state index contributed by atoms with van der Waals surface area (Å²) in [5, 5.41) is 0. The van der Waals surface area contributed by atoms with Crippen molar-refractivity contribution < 1.29 is 4.74 Å². The Balaban J connectivity index is 2.19. The fraction of sp³-hybridized carbons (Fsp3) is 0.667. The van der Waals surface area contributed by atoms with Crippen LogP contribution in [-0.4, -0.2) is 22.2 Å². The zero-order valence-electron chi connectivity index (χ0n) is 7.81. The highest BCUT2D eigenvalue weighted by Crippen LogP contribution is 2.26. The maximum absolute atomic E-state index is 5.97. The molecule has 1 aromatic heterocycles. The van der Waals surface area contributed by atoms with Crippen molar-refractivity contribution in [3.8, 4) is 0 Å². The summed E-state index contributed by atoms with van der Waals surface area (Å²) in [4.78, 5) is 4.06. The van der Waals surface area contributed by atoms with Gasteiger partial charge in [-0.05, 0) is 12.8 Å². The Bertz CT molecular complexity index is 284. The lowest BCUT2D eigenvalue weighted by Crippen LogP contribution is -2.35. The fourth-order valence-electron chi connectivity index (χ4n) is 1.75. The monoisotopic (exact) mass is 181 g/mol. The van der Waals surface area contributed by atoms with E-state index in [1.54, 1.807) is 6.33 Å². The van der Waals surface area contributed by atoms with Gasteiger partial charge in [0.1, 0.15) is 6.10 Å². The van der Waals surface area contributed by atoms with Gasteiger partial charge < -0.3 is 15.0 Å². The molecule has 2 N–H and O–H groups in total. The predicted molar refractivity (Wildman–Crippen MR) is 49.1 cm³/mol. The zero-order chi connectivity index (χ0) is 9.26. The third-order valence-corrected chi connectivity index (χ3v) is 2.51. The molecule has 1 aliphatic rings. The van der Waals surface area contributed by atoms with Gasteiger partial charge in [0.15, 0.2) is 0 Å². The van der Waals surface area contributed by atoms with Crippen LogP contribution in [0.4, 0.5) is 0 Å². The minimum atomic E-state index is 0.0289. The van der Waals surface area contributed by atoms with E-state index in [-0.39, 0.29) is 12.1 Å². The second-order valence-electron chi connectivity index (χ2n) is 3.53. The molecule has 1 aliphatic heterocycles.